The molecule has 0 saturated carbocycles. The Morgan fingerprint density at radius 3 is 2.35 bits per heavy atom. The van der Waals surface area contributed by atoms with Crippen molar-refractivity contribution in [2.24, 2.45) is 0 Å². The summed E-state index contributed by atoms with van der Waals surface area (Å²) in [5, 5.41) is 0. The Labute approximate surface area is 96.4 Å². The van der Waals surface area contributed by atoms with Crippen LogP contribution in [0.25, 0.3) is 0 Å². The summed E-state index contributed by atoms with van der Waals surface area (Å²) in [6, 6.07) is 2.65. The van der Waals surface area contributed by atoms with Crippen LogP contribution in [0, 0.1) is 0 Å². The molecule has 2 N–H and O–H groups in total. The molecule has 0 bridgehead atoms. The van der Waals surface area contributed by atoms with Crippen LogP contribution in [0.15, 0.2) is 18.2 Å². The minimum Gasteiger partial charge on any atom is -0.459 e. The van der Waals surface area contributed by atoms with Gasteiger partial charge in [0.2, 0.25) is 0 Å². The Morgan fingerprint density at radius 2 is 1.88 bits per heavy atom. The smallest absolute Gasteiger partial charge is 0.416 e. The van der Waals surface area contributed by atoms with Gasteiger partial charge in [0.25, 0.3) is 0 Å². The van der Waals surface area contributed by atoms with Gasteiger partial charge in [0.15, 0.2) is 0 Å². The third-order valence-electron chi connectivity index (χ3n) is 1.86. The summed E-state index contributed by atoms with van der Waals surface area (Å²) in [6.07, 6.45) is -4.94. The van der Waals surface area contributed by atoms with Gasteiger partial charge >= 0.3 is 12.1 Å². The minimum absolute atomic E-state index is 0.129. The normalized spacial score (nSPS) is 11.6. The fraction of sp³-hybridized carbons (Fsp3) is 0.364. The highest BCUT2D eigenvalue weighted by molar-refractivity contribution is 5.90. The molecule has 0 aliphatic carbocycles. The number of rotatable bonds is 2. The maximum Gasteiger partial charge on any atom is 0.416 e. The number of ether oxygens (including phenoxy) is 1. The highest BCUT2D eigenvalue weighted by Crippen LogP contribution is 2.31. The Kier molecular flexibility index (Phi) is 3.65. The van der Waals surface area contributed by atoms with Gasteiger partial charge in [-0.1, -0.05) is 0 Å². The van der Waals surface area contributed by atoms with Crippen molar-refractivity contribution < 1.29 is 22.7 Å². The van der Waals surface area contributed by atoms with Gasteiger partial charge in [-0.3, -0.25) is 0 Å². The van der Waals surface area contributed by atoms with E-state index in [2.05, 4.69) is 0 Å². The molecule has 0 aliphatic heterocycles. The molecule has 6 heteroatoms. The van der Waals surface area contributed by atoms with E-state index in [0.717, 1.165) is 18.2 Å². The molecule has 0 saturated heterocycles. The molecule has 17 heavy (non-hydrogen) atoms. The van der Waals surface area contributed by atoms with E-state index in [4.69, 9.17) is 10.5 Å². The lowest BCUT2D eigenvalue weighted by Crippen LogP contribution is -2.14. The Morgan fingerprint density at radius 1 is 1.29 bits per heavy atom. The zero-order valence-corrected chi connectivity index (χ0v) is 9.34. The first-order valence-electron chi connectivity index (χ1n) is 4.89. The highest BCUT2D eigenvalue weighted by atomic mass is 19.4. The number of benzene rings is 1. The molecule has 94 valence electrons. The van der Waals surface area contributed by atoms with E-state index in [1.807, 2.05) is 0 Å². The topological polar surface area (TPSA) is 52.3 Å². The van der Waals surface area contributed by atoms with E-state index in [-0.39, 0.29) is 11.3 Å². The molecule has 0 radical (unpaired) electrons. The fourth-order valence-electron chi connectivity index (χ4n) is 1.22. The molecule has 1 rings (SSSR count). The van der Waals surface area contributed by atoms with E-state index in [1.54, 1.807) is 13.8 Å². The third kappa shape index (κ3) is 3.65. The fourth-order valence-corrected chi connectivity index (χ4v) is 1.22. The van der Waals surface area contributed by atoms with Crippen LogP contribution in [0.3, 0.4) is 0 Å². The molecule has 1 aromatic carbocycles. The minimum atomic E-state index is -4.54. The average Bonchev–Trinajstić information content (AvgIpc) is 2.14. The lowest BCUT2D eigenvalue weighted by atomic mass is 10.1. The molecule has 0 aliphatic rings. The summed E-state index contributed by atoms with van der Waals surface area (Å²) < 4.78 is 42.2. The van der Waals surface area contributed by atoms with Crippen LogP contribution in [0.4, 0.5) is 18.9 Å². The van der Waals surface area contributed by atoms with Crippen molar-refractivity contribution in [2.75, 3.05) is 5.73 Å². The standard InChI is InChI=1S/C11H12F3NO2/c1-6(2)17-10(16)7-3-8(11(12,13)14)5-9(15)4-7/h3-6H,15H2,1-2H3. The number of carbonyl (C=O) groups is 1. The predicted octanol–water partition coefficient (Wildman–Crippen LogP) is 2.85. The molecule has 0 aromatic heterocycles. The van der Waals surface area contributed by atoms with Crippen LogP contribution in [-0.2, 0) is 10.9 Å². The van der Waals surface area contributed by atoms with Gasteiger partial charge in [0.05, 0.1) is 17.2 Å². The molecule has 0 fully saturated rings. The van der Waals surface area contributed by atoms with Crippen molar-refractivity contribution in [3.63, 3.8) is 0 Å². The first-order valence-corrected chi connectivity index (χ1v) is 4.89. The first kappa shape index (κ1) is 13.3. The second-order valence-corrected chi connectivity index (χ2v) is 3.80. The molecular formula is C11H12F3NO2. The largest absolute Gasteiger partial charge is 0.459 e. The number of halogens is 3. The lowest BCUT2D eigenvalue weighted by molar-refractivity contribution is -0.137. The average molecular weight is 247 g/mol. The molecule has 0 heterocycles. The van der Waals surface area contributed by atoms with Crippen molar-refractivity contribution in [1.82, 2.24) is 0 Å². The van der Waals surface area contributed by atoms with Gasteiger partial charge in [-0.2, -0.15) is 13.2 Å². The van der Waals surface area contributed by atoms with E-state index in [0.29, 0.717) is 0 Å². The van der Waals surface area contributed by atoms with Gasteiger partial charge in [0, 0.05) is 5.69 Å². The Bertz CT molecular complexity index is 427. The van der Waals surface area contributed by atoms with Crippen molar-refractivity contribution in [3.05, 3.63) is 29.3 Å². The molecule has 3 nitrogen and oxygen atoms in total. The summed E-state index contributed by atoms with van der Waals surface area (Å²) in [5.41, 5.74) is 4.02. The molecule has 0 atom stereocenters. The van der Waals surface area contributed by atoms with Crippen molar-refractivity contribution in [2.45, 2.75) is 26.1 Å². The first-order chi connectivity index (χ1) is 7.70. The number of hydrogen-bond acceptors (Lipinski definition) is 3. The molecule has 0 unspecified atom stereocenters. The van der Waals surface area contributed by atoms with E-state index < -0.39 is 23.8 Å². The van der Waals surface area contributed by atoms with E-state index in [9.17, 15) is 18.0 Å². The van der Waals surface area contributed by atoms with Gasteiger partial charge < -0.3 is 10.5 Å². The molecule has 0 spiro atoms. The summed E-state index contributed by atoms with van der Waals surface area (Å²) >= 11 is 0. The summed E-state index contributed by atoms with van der Waals surface area (Å²) in [6.45, 7) is 3.21. The van der Waals surface area contributed by atoms with E-state index >= 15 is 0 Å². The van der Waals surface area contributed by atoms with Crippen molar-refractivity contribution in [1.29, 1.82) is 0 Å². The predicted molar refractivity (Wildman–Crippen MR) is 56.4 cm³/mol. The van der Waals surface area contributed by atoms with Crippen LogP contribution in [0.2, 0.25) is 0 Å². The number of nitrogens with two attached hydrogens (primary N) is 1. The van der Waals surface area contributed by atoms with Crippen LogP contribution >= 0.6 is 0 Å². The van der Waals surface area contributed by atoms with Crippen LogP contribution < -0.4 is 5.73 Å². The number of carbonyl (C=O) groups excluding carboxylic acids is 1. The van der Waals surface area contributed by atoms with Crippen LogP contribution in [-0.4, -0.2) is 12.1 Å². The van der Waals surface area contributed by atoms with E-state index in [1.165, 1.54) is 0 Å². The second-order valence-electron chi connectivity index (χ2n) is 3.80. The molecule has 1 aromatic rings. The highest BCUT2D eigenvalue weighted by Gasteiger charge is 2.31. The van der Waals surface area contributed by atoms with Gasteiger partial charge in [-0.05, 0) is 32.0 Å². The number of anilines is 1. The van der Waals surface area contributed by atoms with Gasteiger partial charge in [-0.25, -0.2) is 4.79 Å². The molecular weight excluding hydrogens is 235 g/mol. The number of alkyl halides is 3. The molecule has 0 amide bonds. The Hall–Kier alpha value is -1.72. The third-order valence-corrected chi connectivity index (χ3v) is 1.86. The summed E-state index contributed by atoms with van der Waals surface area (Å²) in [4.78, 5) is 11.4. The number of esters is 1. The Balaban J connectivity index is 3.10. The zero-order chi connectivity index (χ0) is 13.2. The number of nitrogen functional groups attached to an aromatic ring is 1. The van der Waals surface area contributed by atoms with Crippen molar-refractivity contribution >= 4 is 11.7 Å². The summed E-state index contributed by atoms with van der Waals surface area (Å²) in [5.74, 6) is -0.821. The van der Waals surface area contributed by atoms with Crippen LogP contribution in [0.5, 0.6) is 0 Å². The van der Waals surface area contributed by atoms with Gasteiger partial charge in [0.1, 0.15) is 0 Å². The van der Waals surface area contributed by atoms with Crippen LogP contribution in [0.1, 0.15) is 29.8 Å². The maximum absolute atomic E-state index is 12.5. The summed E-state index contributed by atoms with van der Waals surface area (Å²) in [7, 11) is 0. The zero-order valence-electron chi connectivity index (χ0n) is 9.34. The van der Waals surface area contributed by atoms with Gasteiger partial charge in [-0.15, -0.1) is 0 Å². The monoisotopic (exact) mass is 247 g/mol. The second kappa shape index (κ2) is 4.65. The van der Waals surface area contributed by atoms with Crippen molar-refractivity contribution in [3.8, 4) is 0 Å². The quantitative estimate of drug-likeness (QED) is 0.645. The maximum atomic E-state index is 12.5. The lowest BCUT2D eigenvalue weighted by Gasteiger charge is -2.11. The SMILES string of the molecule is CC(C)OC(=O)c1cc(N)cc(C(F)(F)F)c1. The number of hydrogen-bond donors (Lipinski definition) is 1.